The molecule has 0 saturated heterocycles. The van der Waals surface area contributed by atoms with Crippen molar-refractivity contribution in [1.82, 2.24) is 0 Å². The molecule has 2 aromatic carbocycles. The number of unbranched alkanes of at least 4 members (excludes halogenated alkanes) is 2. The minimum Gasteiger partial charge on any atom is -0.490 e. The lowest BCUT2D eigenvalue weighted by Gasteiger charge is -2.28. The van der Waals surface area contributed by atoms with Gasteiger partial charge in [0.05, 0.1) is 18.2 Å². The molecule has 0 atom stereocenters. The number of nitriles is 1. The summed E-state index contributed by atoms with van der Waals surface area (Å²) in [5.41, 5.74) is -0.804. The van der Waals surface area contributed by atoms with Gasteiger partial charge in [-0.2, -0.15) is 9.65 Å². The second-order valence-electron chi connectivity index (χ2n) is 8.58. The standard InChI is InChI=1S/C26H28F3NO3/c1-2-3-4-5-17-6-8-19(9-7-17)16-32-22-14-21(27)23(25(29)24(22)28)26(31)33-20-12-10-18(15-30)11-13-20/h10-14,17,19H,2-9,16H2,1H3. The lowest BCUT2D eigenvalue weighted by molar-refractivity contribution is 0.0722. The summed E-state index contributed by atoms with van der Waals surface area (Å²) in [4.78, 5) is 12.2. The van der Waals surface area contributed by atoms with Gasteiger partial charge in [0.1, 0.15) is 17.1 Å². The van der Waals surface area contributed by atoms with Gasteiger partial charge in [0, 0.05) is 6.07 Å². The normalized spacial score (nSPS) is 17.9. The predicted octanol–water partition coefficient (Wildman–Crippen LogP) is 6.96. The Bertz CT molecular complexity index is 993. The van der Waals surface area contributed by atoms with E-state index in [1.54, 1.807) is 0 Å². The van der Waals surface area contributed by atoms with E-state index in [1.807, 2.05) is 6.07 Å². The van der Waals surface area contributed by atoms with Crippen LogP contribution in [0.2, 0.25) is 0 Å². The van der Waals surface area contributed by atoms with Crippen molar-refractivity contribution < 1.29 is 27.4 Å². The van der Waals surface area contributed by atoms with Gasteiger partial charge in [-0.15, -0.1) is 0 Å². The monoisotopic (exact) mass is 459 g/mol. The summed E-state index contributed by atoms with van der Waals surface area (Å²) < 4.78 is 53.9. The highest BCUT2D eigenvalue weighted by Gasteiger charge is 2.28. The number of esters is 1. The van der Waals surface area contributed by atoms with E-state index in [4.69, 9.17) is 14.7 Å². The van der Waals surface area contributed by atoms with E-state index in [-0.39, 0.29) is 18.3 Å². The van der Waals surface area contributed by atoms with Crippen molar-refractivity contribution in [3.8, 4) is 17.6 Å². The molecular weight excluding hydrogens is 431 g/mol. The van der Waals surface area contributed by atoms with Crippen molar-refractivity contribution in [2.24, 2.45) is 11.8 Å². The summed E-state index contributed by atoms with van der Waals surface area (Å²) in [6.07, 6.45) is 8.98. The minimum absolute atomic E-state index is 0.0242. The average Bonchev–Trinajstić information content (AvgIpc) is 2.82. The topological polar surface area (TPSA) is 59.3 Å². The summed E-state index contributed by atoms with van der Waals surface area (Å²) in [5.74, 6) is -5.36. The lowest BCUT2D eigenvalue weighted by atomic mass is 9.80. The molecule has 0 spiro atoms. The van der Waals surface area contributed by atoms with E-state index < -0.39 is 34.7 Å². The summed E-state index contributed by atoms with van der Waals surface area (Å²) in [5, 5.41) is 8.79. The molecule has 3 rings (SSSR count). The molecule has 1 fully saturated rings. The first kappa shape index (κ1) is 24.6. The molecule has 1 saturated carbocycles. The third kappa shape index (κ3) is 6.50. The maximum Gasteiger partial charge on any atom is 0.349 e. The number of halogens is 3. The summed E-state index contributed by atoms with van der Waals surface area (Å²) in [6.45, 7) is 2.36. The molecule has 4 nitrogen and oxygen atoms in total. The first-order chi connectivity index (χ1) is 15.9. The van der Waals surface area contributed by atoms with Crippen LogP contribution in [-0.4, -0.2) is 12.6 Å². The third-order valence-electron chi connectivity index (χ3n) is 6.18. The number of rotatable bonds is 9. The smallest absolute Gasteiger partial charge is 0.349 e. The zero-order valence-electron chi connectivity index (χ0n) is 18.7. The van der Waals surface area contributed by atoms with E-state index in [1.165, 1.54) is 49.9 Å². The van der Waals surface area contributed by atoms with Gasteiger partial charge in [0.15, 0.2) is 11.6 Å². The lowest BCUT2D eigenvalue weighted by Crippen LogP contribution is -2.21. The Morgan fingerprint density at radius 3 is 2.33 bits per heavy atom. The zero-order chi connectivity index (χ0) is 23.8. The van der Waals surface area contributed by atoms with Crippen molar-refractivity contribution in [3.63, 3.8) is 0 Å². The Labute approximate surface area is 192 Å². The number of carbonyl (C=O) groups excluding carboxylic acids is 1. The fourth-order valence-electron chi connectivity index (χ4n) is 4.20. The van der Waals surface area contributed by atoms with E-state index in [9.17, 15) is 18.0 Å². The predicted molar refractivity (Wildman–Crippen MR) is 118 cm³/mol. The number of benzene rings is 2. The first-order valence-electron chi connectivity index (χ1n) is 11.5. The quantitative estimate of drug-likeness (QED) is 0.176. The number of ether oxygens (including phenoxy) is 2. The first-order valence-corrected chi connectivity index (χ1v) is 11.5. The van der Waals surface area contributed by atoms with Crippen molar-refractivity contribution in [2.75, 3.05) is 6.61 Å². The third-order valence-corrected chi connectivity index (χ3v) is 6.18. The molecule has 1 aliphatic rings. The largest absolute Gasteiger partial charge is 0.490 e. The molecule has 0 aliphatic heterocycles. The highest BCUT2D eigenvalue weighted by atomic mass is 19.2. The Balaban J connectivity index is 1.59. The van der Waals surface area contributed by atoms with Gasteiger partial charge in [-0.1, -0.05) is 45.4 Å². The number of hydrogen-bond donors (Lipinski definition) is 0. The van der Waals surface area contributed by atoms with Crippen LogP contribution >= 0.6 is 0 Å². The molecule has 7 heteroatoms. The Hall–Kier alpha value is -3.01. The SMILES string of the molecule is CCCCCC1CCC(COc2cc(F)c(C(=O)Oc3ccc(C#N)cc3)c(F)c2F)CC1. The van der Waals surface area contributed by atoms with Crippen LogP contribution in [-0.2, 0) is 0 Å². The maximum absolute atomic E-state index is 14.5. The fourth-order valence-corrected chi connectivity index (χ4v) is 4.20. The highest BCUT2D eigenvalue weighted by molar-refractivity contribution is 5.92. The number of nitrogens with zero attached hydrogens (tertiary/aromatic N) is 1. The zero-order valence-corrected chi connectivity index (χ0v) is 18.7. The molecule has 0 N–H and O–H groups in total. The van der Waals surface area contributed by atoms with Gasteiger partial charge < -0.3 is 9.47 Å². The summed E-state index contributed by atoms with van der Waals surface area (Å²) in [7, 11) is 0. The van der Waals surface area contributed by atoms with Crippen molar-refractivity contribution in [2.45, 2.75) is 58.3 Å². The van der Waals surface area contributed by atoms with Crippen LogP contribution in [0, 0.1) is 40.6 Å². The molecule has 176 valence electrons. The fraction of sp³-hybridized carbons (Fsp3) is 0.462. The summed E-state index contributed by atoms with van der Waals surface area (Å²) >= 11 is 0. The molecular formula is C26H28F3NO3. The molecule has 0 amide bonds. The molecule has 1 aliphatic carbocycles. The molecule has 33 heavy (non-hydrogen) atoms. The molecule has 0 unspecified atom stereocenters. The van der Waals surface area contributed by atoms with Crippen molar-refractivity contribution in [3.05, 3.63) is 58.9 Å². The van der Waals surface area contributed by atoms with E-state index in [0.717, 1.165) is 25.7 Å². The molecule has 2 aromatic rings. The number of carbonyl (C=O) groups is 1. The summed E-state index contributed by atoms with van der Waals surface area (Å²) in [6, 6.07) is 7.95. The van der Waals surface area contributed by atoms with Gasteiger partial charge >= 0.3 is 5.97 Å². The second kappa shape index (κ2) is 11.7. The minimum atomic E-state index is -1.65. The Morgan fingerprint density at radius 1 is 1.03 bits per heavy atom. The van der Waals surface area contributed by atoms with Gasteiger partial charge in [-0.3, -0.25) is 0 Å². The Kier molecular flexibility index (Phi) is 8.76. The maximum atomic E-state index is 14.5. The van der Waals surface area contributed by atoms with Gasteiger partial charge in [0.25, 0.3) is 0 Å². The van der Waals surface area contributed by atoms with E-state index in [2.05, 4.69) is 6.92 Å². The number of hydrogen-bond acceptors (Lipinski definition) is 4. The van der Waals surface area contributed by atoms with Crippen LogP contribution in [0.5, 0.6) is 11.5 Å². The molecule has 0 bridgehead atoms. The molecule has 0 aromatic heterocycles. The average molecular weight is 460 g/mol. The van der Waals surface area contributed by atoms with Crippen molar-refractivity contribution in [1.29, 1.82) is 5.26 Å². The van der Waals surface area contributed by atoms with Crippen LogP contribution < -0.4 is 9.47 Å². The van der Waals surface area contributed by atoms with Crippen LogP contribution in [0.15, 0.2) is 30.3 Å². The van der Waals surface area contributed by atoms with E-state index >= 15 is 0 Å². The van der Waals surface area contributed by atoms with Crippen molar-refractivity contribution >= 4 is 5.97 Å². The molecule has 0 heterocycles. The van der Waals surface area contributed by atoms with Gasteiger partial charge in [-0.05, 0) is 48.9 Å². The van der Waals surface area contributed by atoms with E-state index in [0.29, 0.717) is 17.5 Å². The highest BCUT2D eigenvalue weighted by Crippen LogP contribution is 2.33. The van der Waals surface area contributed by atoms with Crippen LogP contribution in [0.1, 0.15) is 74.2 Å². The Morgan fingerprint density at radius 2 is 1.70 bits per heavy atom. The van der Waals surface area contributed by atoms with Crippen LogP contribution in [0.3, 0.4) is 0 Å². The second-order valence-corrected chi connectivity index (χ2v) is 8.58. The van der Waals surface area contributed by atoms with Crippen LogP contribution in [0.25, 0.3) is 0 Å². The van der Waals surface area contributed by atoms with Gasteiger partial charge in [-0.25, -0.2) is 13.6 Å². The molecule has 0 radical (unpaired) electrons. The van der Waals surface area contributed by atoms with Crippen LogP contribution in [0.4, 0.5) is 13.2 Å². The van der Waals surface area contributed by atoms with Gasteiger partial charge in [0.2, 0.25) is 5.82 Å².